The van der Waals surface area contributed by atoms with E-state index >= 15 is 0 Å². The molecule has 0 spiro atoms. The Labute approximate surface area is 140 Å². The van der Waals surface area contributed by atoms with E-state index in [2.05, 4.69) is 0 Å². The molecular weight excluding hydrogens is 304 g/mol. The molecule has 24 heavy (non-hydrogen) atoms. The number of rotatable bonds is 4. The number of ether oxygens (including phenoxy) is 2. The average Bonchev–Trinajstić information content (AvgIpc) is 2.61. The number of phenols is 1. The molecule has 0 aliphatic carbocycles. The van der Waals surface area contributed by atoms with Gasteiger partial charge in [-0.25, -0.2) is 4.79 Å². The van der Waals surface area contributed by atoms with Gasteiger partial charge >= 0.3 is 5.97 Å². The Kier molecular flexibility index (Phi) is 4.38. The van der Waals surface area contributed by atoms with Gasteiger partial charge in [0.2, 0.25) is 0 Å². The highest BCUT2D eigenvalue weighted by molar-refractivity contribution is 6.09. The summed E-state index contributed by atoms with van der Waals surface area (Å²) in [6, 6.07) is 16.4. The van der Waals surface area contributed by atoms with E-state index in [0.29, 0.717) is 29.0 Å². The number of carbonyl (C=O) groups is 1. The van der Waals surface area contributed by atoms with Gasteiger partial charge < -0.3 is 14.6 Å². The minimum Gasteiger partial charge on any atom is -0.507 e. The van der Waals surface area contributed by atoms with Crippen LogP contribution in [0.1, 0.15) is 17.3 Å². The topological polar surface area (TPSA) is 55.8 Å². The molecule has 0 saturated carbocycles. The average molecular weight is 322 g/mol. The molecule has 0 radical (unpaired) electrons. The molecule has 0 bridgehead atoms. The van der Waals surface area contributed by atoms with Gasteiger partial charge in [-0.1, -0.05) is 30.3 Å². The number of methoxy groups -OCH3 is 1. The fourth-order valence-corrected chi connectivity index (χ4v) is 2.79. The van der Waals surface area contributed by atoms with E-state index in [-0.39, 0.29) is 5.75 Å². The van der Waals surface area contributed by atoms with Crippen molar-refractivity contribution in [3.8, 4) is 22.6 Å². The number of esters is 1. The fourth-order valence-electron chi connectivity index (χ4n) is 2.79. The Morgan fingerprint density at radius 3 is 2.58 bits per heavy atom. The van der Waals surface area contributed by atoms with Crippen LogP contribution >= 0.6 is 0 Å². The number of phenolic OH excluding ortho intramolecular Hbond substituents is 1. The van der Waals surface area contributed by atoms with Crippen LogP contribution < -0.4 is 4.74 Å². The first kappa shape index (κ1) is 15.9. The summed E-state index contributed by atoms with van der Waals surface area (Å²) in [4.78, 5) is 12.4. The van der Waals surface area contributed by atoms with Crippen molar-refractivity contribution in [2.75, 3.05) is 13.7 Å². The summed E-state index contributed by atoms with van der Waals surface area (Å²) < 4.78 is 10.3. The first-order chi connectivity index (χ1) is 11.7. The quantitative estimate of drug-likeness (QED) is 0.723. The lowest BCUT2D eigenvalue weighted by Crippen LogP contribution is -2.07. The lowest BCUT2D eigenvalue weighted by molar-refractivity contribution is 0.0527. The van der Waals surface area contributed by atoms with Crippen LogP contribution in [0.25, 0.3) is 21.9 Å². The van der Waals surface area contributed by atoms with Gasteiger partial charge in [-0.2, -0.15) is 0 Å². The molecule has 3 aromatic carbocycles. The van der Waals surface area contributed by atoms with E-state index in [1.165, 1.54) is 13.2 Å². The van der Waals surface area contributed by atoms with Gasteiger partial charge in [-0.3, -0.25) is 0 Å². The molecule has 4 nitrogen and oxygen atoms in total. The molecule has 3 rings (SSSR count). The van der Waals surface area contributed by atoms with Crippen molar-refractivity contribution >= 4 is 16.7 Å². The van der Waals surface area contributed by atoms with Crippen molar-refractivity contribution in [2.24, 2.45) is 0 Å². The number of hydrogen-bond donors (Lipinski definition) is 1. The van der Waals surface area contributed by atoms with Gasteiger partial charge in [0, 0.05) is 17.2 Å². The van der Waals surface area contributed by atoms with Crippen molar-refractivity contribution < 1.29 is 19.4 Å². The maximum Gasteiger partial charge on any atom is 0.338 e. The molecule has 0 aromatic heterocycles. The zero-order valence-corrected chi connectivity index (χ0v) is 13.6. The van der Waals surface area contributed by atoms with Crippen LogP contribution in [0.5, 0.6) is 11.5 Å². The summed E-state index contributed by atoms with van der Waals surface area (Å²) in [6.45, 7) is 2.06. The Bertz CT molecular complexity index is 899. The predicted octanol–water partition coefficient (Wildman–Crippen LogP) is 4.40. The van der Waals surface area contributed by atoms with Gasteiger partial charge in [0.1, 0.15) is 11.5 Å². The second kappa shape index (κ2) is 6.62. The van der Waals surface area contributed by atoms with Crippen LogP contribution in [0, 0.1) is 0 Å². The van der Waals surface area contributed by atoms with Crippen LogP contribution in [0.15, 0.2) is 54.6 Å². The monoisotopic (exact) mass is 322 g/mol. The SMILES string of the molecule is CCOC(=O)c1ccc2ccccc2c1-c1ccc(OC)cc1O. The lowest BCUT2D eigenvalue weighted by atomic mass is 9.92. The highest BCUT2D eigenvalue weighted by Crippen LogP contribution is 2.39. The maximum absolute atomic E-state index is 12.4. The molecule has 0 amide bonds. The third-order valence-corrected chi connectivity index (χ3v) is 3.90. The van der Waals surface area contributed by atoms with Crippen molar-refractivity contribution in [2.45, 2.75) is 6.92 Å². The van der Waals surface area contributed by atoms with Gasteiger partial charge in [0.15, 0.2) is 0 Å². The Balaban J connectivity index is 2.31. The third-order valence-electron chi connectivity index (χ3n) is 3.90. The van der Waals surface area contributed by atoms with Crippen LogP contribution in [0.3, 0.4) is 0 Å². The molecule has 0 fully saturated rings. The van der Waals surface area contributed by atoms with Crippen LogP contribution in [-0.4, -0.2) is 24.8 Å². The first-order valence-electron chi connectivity index (χ1n) is 7.72. The molecule has 0 aliphatic heterocycles. The molecule has 0 unspecified atom stereocenters. The van der Waals surface area contributed by atoms with Gasteiger partial charge in [-0.15, -0.1) is 0 Å². The van der Waals surface area contributed by atoms with Crippen molar-refractivity contribution in [1.29, 1.82) is 0 Å². The molecular formula is C20H18O4. The standard InChI is InChI=1S/C20H18O4/c1-3-24-20(22)17-10-8-13-6-4-5-7-15(13)19(17)16-11-9-14(23-2)12-18(16)21/h4-12,21H,3H2,1-2H3. The first-order valence-corrected chi connectivity index (χ1v) is 7.72. The van der Waals surface area contributed by atoms with E-state index in [9.17, 15) is 9.90 Å². The maximum atomic E-state index is 12.4. The second-order valence-electron chi connectivity index (χ2n) is 5.31. The van der Waals surface area contributed by atoms with Crippen molar-refractivity contribution in [3.05, 3.63) is 60.2 Å². The van der Waals surface area contributed by atoms with Crippen LogP contribution in [0.4, 0.5) is 0 Å². The van der Waals surface area contributed by atoms with E-state index in [1.807, 2.05) is 30.3 Å². The lowest BCUT2D eigenvalue weighted by Gasteiger charge is -2.14. The largest absolute Gasteiger partial charge is 0.507 e. The number of carbonyl (C=O) groups excluding carboxylic acids is 1. The Hall–Kier alpha value is -3.01. The highest BCUT2D eigenvalue weighted by atomic mass is 16.5. The molecule has 0 atom stereocenters. The number of benzene rings is 3. The fraction of sp³-hybridized carbons (Fsp3) is 0.150. The summed E-state index contributed by atoms with van der Waals surface area (Å²) in [5, 5.41) is 12.3. The van der Waals surface area contributed by atoms with Gasteiger partial charge in [-0.05, 0) is 35.9 Å². The molecule has 122 valence electrons. The second-order valence-corrected chi connectivity index (χ2v) is 5.31. The zero-order chi connectivity index (χ0) is 17.1. The number of fused-ring (bicyclic) bond motifs is 1. The smallest absolute Gasteiger partial charge is 0.338 e. The Morgan fingerprint density at radius 2 is 1.88 bits per heavy atom. The van der Waals surface area contributed by atoms with E-state index in [1.54, 1.807) is 25.1 Å². The summed E-state index contributed by atoms with van der Waals surface area (Å²) in [5.41, 5.74) is 1.65. The summed E-state index contributed by atoms with van der Waals surface area (Å²) >= 11 is 0. The number of hydrogen-bond acceptors (Lipinski definition) is 4. The predicted molar refractivity (Wildman–Crippen MR) is 93.6 cm³/mol. The van der Waals surface area contributed by atoms with Gasteiger partial charge in [0.05, 0.1) is 19.3 Å². The summed E-state index contributed by atoms with van der Waals surface area (Å²) in [7, 11) is 1.54. The molecule has 4 heteroatoms. The van der Waals surface area contributed by atoms with Crippen LogP contribution in [0.2, 0.25) is 0 Å². The zero-order valence-electron chi connectivity index (χ0n) is 13.6. The minimum atomic E-state index is -0.409. The van der Waals surface area contributed by atoms with E-state index < -0.39 is 5.97 Å². The van der Waals surface area contributed by atoms with Crippen molar-refractivity contribution in [3.63, 3.8) is 0 Å². The molecule has 0 heterocycles. The van der Waals surface area contributed by atoms with Crippen molar-refractivity contribution in [1.82, 2.24) is 0 Å². The van der Waals surface area contributed by atoms with E-state index in [4.69, 9.17) is 9.47 Å². The molecule has 0 aliphatic rings. The van der Waals surface area contributed by atoms with E-state index in [0.717, 1.165) is 10.8 Å². The third kappa shape index (κ3) is 2.78. The normalized spacial score (nSPS) is 10.6. The van der Waals surface area contributed by atoms with Gasteiger partial charge in [0.25, 0.3) is 0 Å². The molecule has 0 saturated heterocycles. The highest BCUT2D eigenvalue weighted by Gasteiger charge is 2.19. The minimum absolute atomic E-state index is 0.0521. The summed E-state index contributed by atoms with van der Waals surface area (Å²) in [6.07, 6.45) is 0. The molecule has 3 aromatic rings. The molecule has 1 N–H and O–H groups in total. The van der Waals surface area contributed by atoms with Crippen LogP contribution in [-0.2, 0) is 4.74 Å². The Morgan fingerprint density at radius 1 is 1.08 bits per heavy atom. The summed E-state index contributed by atoms with van der Waals surface area (Å²) in [5.74, 6) is 0.193. The number of aromatic hydroxyl groups is 1.